The molecule has 2 aromatic carbocycles. The predicted molar refractivity (Wildman–Crippen MR) is 86.2 cm³/mol. The van der Waals surface area contributed by atoms with E-state index in [1.54, 1.807) is 48.5 Å². The van der Waals surface area contributed by atoms with Crippen molar-refractivity contribution in [1.82, 2.24) is 0 Å². The number of rotatable bonds is 2. The van der Waals surface area contributed by atoms with Gasteiger partial charge in [-0.15, -0.1) is 0 Å². The second kappa shape index (κ2) is 5.92. The molecule has 2 rings (SSSR count). The van der Waals surface area contributed by atoms with Crippen molar-refractivity contribution in [1.29, 1.82) is 0 Å². The van der Waals surface area contributed by atoms with Crippen molar-refractivity contribution in [3.8, 4) is 0 Å². The molecule has 0 aromatic heterocycles. The molecule has 0 fully saturated rings. The van der Waals surface area contributed by atoms with Gasteiger partial charge < -0.3 is 5.11 Å². The number of hydrogen-bond acceptors (Lipinski definition) is 1. The van der Waals surface area contributed by atoms with Gasteiger partial charge >= 0.3 is 0 Å². The van der Waals surface area contributed by atoms with Gasteiger partial charge in [0.05, 0.1) is 0 Å². The fraction of sp³-hybridized carbons (Fsp3) is 0.143. The van der Waals surface area contributed by atoms with E-state index in [9.17, 15) is 5.11 Å². The van der Waals surface area contributed by atoms with Crippen LogP contribution in [0, 0.1) is 0 Å². The molecule has 0 radical (unpaired) electrons. The van der Waals surface area contributed by atoms with E-state index in [2.05, 4.69) is 0 Å². The summed E-state index contributed by atoms with van der Waals surface area (Å²) < 4.78 is -2.01. The van der Waals surface area contributed by atoms with E-state index >= 15 is 0 Å². The summed E-state index contributed by atoms with van der Waals surface area (Å²) in [6.45, 7) is 0. The van der Waals surface area contributed by atoms with E-state index in [1.807, 2.05) is 0 Å². The van der Waals surface area contributed by atoms with Crippen LogP contribution in [-0.4, -0.2) is 8.90 Å². The second-order valence-corrected chi connectivity index (χ2v) is 7.32. The van der Waals surface area contributed by atoms with Gasteiger partial charge in [0.2, 0.25) is 3.79 Å². The minimum absolute atomic E-state index is 0.302. The first-order valence-corrected chi connectivity index (χ1v) is 7.46. The molecule has 0 saturated carbocycles. The van der Waals surface area contributed by atoms with Crippen molar-refractivity contribution >= 4 is 58.0 Å². The molecule has 1 atom stereocenters. The normalized spacial score (nSPS) is 14.9. The Labute approximate surface area is 142 Å². The summed E-state index contributed by atoms with van der Waals surface area (Å²) in [4.78, 5) is 0. The van der Waals surface area contributed by atoms with Crippen LogP contribution in [-0.2, 0) is 5.60 Å². The molecule has 0 aliphatic heterocycles. The molecule has 0 spiro atoms. The van der Waals surface area contributed by atoms with E-state index in [4.69, 9.17) is 58.0 Å². The SMILES string of the molecule is O[C@@](c1ccc(Cl)cc1)(c1ccccc1Cl)C(Cl)(Cl)Cl. The van der Waals surface area contributed by atoms with Crippen molar-refractivity contribution in [2.75, 3.05) is 0 Å². The fourth-order valence-corrected chi connectivity index (χ4v) is 2.95. The van der Waals surface area contributed by atoms with Gasteiger partial charge in [0.15, 0.2) is 5.60 Å². The Bertz CT molecular complexity index is 606. The molecule has 106 valence electrons. The smallest absolute Gasteiger partial charge is 0.227 e. The molecule has 1 N–H and O–H groups in total. The largest absolute Gasteiger partial charge is 0.376 e. The van der Waals surface area contributed by atoms with Crippen LogP contribution >= 0.6 is 58.0 Å². The van der Waals surface area contributed by atoms with Gasteiger partial charge in [-0.1, -0.05) is 88.3 Å². The lowest BCUT2D eigenvalue weighted by Gasteiger charge is -2.36. The van der Waals surface area contributed by atoms with Gasteiger partial charge in [-0.3, -0.25) is 0 Å². The molecule has 0 aliphatic carbocycles. The highest BCUT2D eigenvalue weighted by Crippen LogP contribution is 2.50. The summed E-state index contributed by atoms with van der Waals surface area (Å²) in [5.41, 5.74) is -1.19. The highest BCUT2D eigenvalue weighted by molar-refractivity contribution is 6.68. The fourth-order valence-electron chi connectivity index (χ4n) is 1.92. The van der Waals surface area contributed by atoms with Crippen LogP contribution < -0.4 is 0 Å². The van der Waals surface area contributed by atoms with Crippen LogP contribution in [0.1, 0.15) is 11.1 Å². The van der Waals surface area contributed by atoms with Gasteiger partial charge in [0, 0.05) is 15.6 Å². The van der Waals surface area contributed by atoms with E-state index in [0.717, 1.165) is 0 Å². The average molecular weight is 370 g/mol. The molecule has 20 heavy (non-hydrogen) atoms. The van der Waals surface area contributed by atoms with Gasteiger partial charge in [0.1, 0.15) is 0 Å². The molecular weight excluding hydrogens is 361 g/mol. The van der Waals surface area contributed by atoms with Crippen LogP contribution in [0.2, 0.25) is 10.0 Å². The standard InChI is InChI=1S/C14H9Cl5O/c15-10-7-5-9(6-8-10)13(20,14(17,18)19)11-3-1-2-4-12(11)16/h1-8,20H/t13-/m0/s1. The molecule has 0 unspecified atom stereocenters. The van der Waals surface area contributed by atoms with Crippen LogP contribution in [0.4, 0.5) is 0 Å². The van der Waals surface area contributed by atoms with Crippen LogP contribution in [0.5, 0.6) is 0 Å². The first-order valence-electron chi connectivity index (χ1n) is 5.57. The first kappa shape index (κ1) is 16.2. The molecular formula is C14H9Cl5O. The van der Waals surface area contributed by atoms with Gasteiger partial charge in [0.25, 0.3) is 0 Å². The zero-order chi connectivity index (χ0) is 15.0. The first-order chi connectivity index (χ1) is 9.26. The number of aliphatic hydroxyl groups is 1. The second-order valence-electron chi connectivity index (χ2n) is 4.19. The molecule has 6 heteroatoms. The van der Waals surface area contributed by atoms with Crippen molar-refractivity contribution in [3.63, 3.8) is 0 Å². The zero-order valence-corrected chi connectivity index (χ0v) is 13.7. The van der Waals surface area contributed by atoms with Crippen LogP contribution in [0.25, 0.3) is 0 Å². The molecule has 0 saturated heterocycles. The Kier molecular flexibility index (Phi) is 4.80. The van der Waals surface area contributed by atoms with E-state index in [0.29, 0.717) is 21.2 Å². The quantitative estimate of drug-likeness (QED) is 0.682. The summed E-state index contributed by atoms with van der Waals surface area (Å²) in [7, 11) is 0. The molecule has 2 aromatic rings. The molecule has 1 nitrogen and oxygen atoms in total. The van der Waals surface area contributed by atoms with Crippen molar-refractivity contribution in [2.24, 2.45) is 0 Å². The zero-order valence-electron chi connectivity index (χ0n) is 9.96. The van der Waals surface area contributed by atoms with Crippen molar-refractivity contribution in [3.05, 3.63) is 69.7 Å². The third kappa shape index (κ3) is 2.89. The third-order valence-electron chi connectivity index (χ3n) is 2.94. The maximum atomic E-state index is 11.0. The maximum absolute atomic E-state index is 11.0. The number of hydrogen-bond donors (Lipinski definition) is 1. The Morgan fingerprint density at radius 1 is 0.800 bits per heavy atom. The van der Waals surface area contributed by atoms with E-state index in [1.165, 1.54) is 0 Å². The summed E-state index contributed by atoms with van der Waals surface area (Å²) >= 11 is 30.0. The van der Waals surface area contributed by atoms with Gasteiger partial charge in [-0.2, -0.15) is 0 Å². The van der Waals surface area contributed by atoms with Crippen LogP contribution in [0.15, 0.2) is 48.5 Å². The summed E-state index contributed by atoms with van der Waals surface area (Å²) in [5.74, 6) is 0. The monoisotopic (exact) mass is 368 g/mol. The third-order valence-corrected chi connectivity index (χ3v) is 4.34. The van der Waals surface area contributed by atoms with Crippen molar-refractivity contribution in [2.45, 2.75) is 9.39 Å². The van der Waals surface area contributed by atoms with E-state index < -0.39 is 9.39 Å². The number of alkyl halides is 3. The Hall–Kier alpha value is -0.150. The highest BCUT2D eigenvalue weighted by atomic mass is 35.6. The maximum Gasteiger partial charge on any atom is 0.227 e. The molecule has 0 bridgehead atoms. The lowest BCUT2D eigenvalue weighted by Crippen LogP contribution is -2.41. The number of benzene rings is 2. The Balaban J connectivity index is 2.70. The van der Waals surface area contributed by atoms with Gasteiger partial charge in [-0.25, -0.2) is 0 Å². The Morgan fingerprint density at radius 2 is 1.35 bits per heavy atom. The Morgan fingerprint density at radius 3 is 1.85 bits per heavy atom. The van der Waals surface area contributed by atoms with E-state index in [-0.39, 0.29) is 0 Å². The van der Waals surface area contributed by atoms with Crippen LogP contribution in [0.3, 0.4) is 0 Å². The predicted octanol–water partition coefficient (Wildman–Crippen LogP) is 5.60. The van der Waals surface area contributed by atoms with Gasteiger partial charge in [-0.05, 0) is 23.8 Å². The lowest BCUT2D eigenvalue weighted by molar-refractivity contribution is 0.0851. The minimum Gasteiger partial charge on any atom is -0.376 e. The molecule has 0 aliphatic rings. The topological polar surface area (TPSA) is 20.2 Å². The van der Waals surface area contributed by atoms with Crippen molar-refractivity contribution < 1.29 is 5.11 Å². The molecule has 0 amide bonds. The molecule has 0 heterocycles. The summed E-state index contributed by atoms with van der Waals surface area (Å²) in [6, 6.07) is 13.1. The highest BCUT2D eigenvalue weighted by Gasteiger charge is 2.50. The summed E-state index contributed by atoms with van der Waals surface area (Å²) in [5, 5.41) is 11.9. The minimum atomic E-state index is -2.01. The average Bonchev–Trinajstić information content (AvgIpc) is 2.38. The number of halogens is 5. The summed E-state index contributed by atoms with van der Waals surface area (Å²) in [6.07, 6.45) is 0. The lowest BCUT2D eigenvalue weighted by atomic mass is 9.87.